The van der Waals surface area contributed by atoms with Crippen LogP contribution in [0.3, 0.4) is 0 Å². The predicted octanol–water partition coefficient (Wildman–Crippen LogP) is 3.47. The van der Waals surface area contributed by atoms with Gasteiger partial charge in [-0.1, -0.05) is 0 Å². The number of anilines is 1. The third-order valence-corrected chi connectivity index (χ3v) is 5.32. The largest absolute Gasteiger partial charge is 0.372 e. The van der Waals surface area contributed by atoms with Crippen LogP contribution in [-0.4, -0.2) is 40.2 Å². The highest BCUT2D eigenvalue weighted by molar-refractivity contribution is 7.26. The maximum Gasteiger partial charge on any atom is 0.150 e. The number of fused-ring (bicyclic) bond motifs is 3. The fourth-order valence-corrected chi connectivity index (χ4v) is 4.74. The van der Waals surface area contributed by atoms with Gasteiger partial charge in [-0.05, 0) is 39.3 Å². The Morgan fingerprint density at radius 1 is 1.17 bits per heavy atom. The van der Waals surface area contributed by atoms with Crippen LogP contribution in [0.2, 0.25) is 0 Å². The molecule has 0 bridgehead atoms. The van der Waals surface area contributed by atoms with Crippen LogP contribution in [0.1, 0.15) is 25.1 Å². The summed E-state index contributed by atoms with van der Waals surface area (Å²) in [6, 6.07) is 2.12. The molecule has 0 aliphatic carbocycles. The van der Waals surface area contributed by atoms with Gasteiger partial charge >= 0.3 is 0 Å². The summed E-state index contributed by atoms with van der Waals surface area (Å²) >= 11 is 1.69. The van der Waals surface area contributed by atoms with Crippen molar-refractivity contribution in [1.29, 1.82) is 0 Å². The van der Waals surface area contributed by atoms with Crippen LogP contribution in [0.4, 0.5) is 5.82 Å². The van der Waals surface area contributed by atoms with Gasteiger partial charge in [0.2, 0.25) is 0 Å². The number of ether oxygens (including phenoxy) is 1. The Balaban J connectivity index is 1.93. The molecule has 1 fully saturated rings. The molecule has 1 aliphatic heterocycles. The van der Waals surface area contributed by atoms with Crippen molar-refractivity contribution in [3.05, 3.63) is 23.7 Å². The molecule has 0 spiro atoms. The lowest BCUT2D eigenvalue weighted by Crippen LogP contribution is -2.45. The summed E-state index contributed by atoms with van der Waals surface area (Å²) in [4.78, 5) is 17.2. The summed E-state index contributed by atoms with van der Waals surface area (Å²) in [6.45, 7) is 10.1. The highest BCUT2D eigenvalue weighted by Crippen LogP contribution is 2.38. The average molecular weight is 328 g/mol. The number of nitrogens with zero attached hydrogens (tertiary/aromatic N) is 4. The van der Waals surface area contributed by atoms with Crippen LogP contribution in [0.15, 0.2) is 12.4 Å². The van der Waals surface area contributed by atoms with E-state index in [4.69, 9.17) is 9.72 Å². The van der Waals surface area contributed by atoms with E-state index < -0.39 is 0 Å². The Bertz CT molecular complexity index is 881. The molecule has 3 aromatic rings. The second-order valence-corrected chi connectivity index (χ2v) is 7.40. The lowest BCUT2D eigenvalue weighted by molar-refractivity contribution is -0.00536. The van der Waals surface area contributed by atoms with Crippen LogP contribution in [0, 0.1) is 13.8 Å². The van der Waals surface area contributed by atoms with Crippen molar-refractivity contribution < 1.29 is 4.74 Å². The van der Waals surface area contributed by atoms with Crippen molar-refractivity contribution >= 4 is 37.6 Å². The first-order valence-electron chi connectivity index (χ1n) is 7.95. The van der Waals surface area contributed by atoms with Gasteiger partial charge in [-0.3, -0.25) is 0 Å². The van der Waals surface area contributed by atoms with Crippen LogP contribution in [0.25, 0.3) is 20.4 Å². The summed E-state index contributed by atoms with van der Waals surface area (Å²) in [5.41, 5.74) is 3.29. The normalized spacial score (nSPS) is 22.2. The second-order valence-electron chi connectivity index (χ2n) is 6.40. The highest BCUT2D eigenvalue weighted by Gasteiger charge is 2.26. The second kappa shape index (κ2) is 5.39. The molecule has 0 aromatic carbocycles. The molecule has 5 nitrogen and oxygen atoms in total. The minimum Gasteiger partial charge on any atom is -0.372 e. The fraction of sp³-hybridized carbons (Fsp3) is 0.471. The zero-order valence-corrected chi connectivity index (χ0v) is 14.6. The van der Waals surface area contributed by atoms with E-state index in [1.54, 1.807) is 17.7 Å². The van der Waals surface area contributed by atoms with Gasteiger partial charge in [0.25, 0.3) is 0 Å². The molecule has 0 amide bonds. The quantitative estimate of drug-likeness (QED) is 0.684. The van der Waals surface area contributed by atoms with Crippen molar-refractivity contribution in [3.8, 4) is 0 Å². The summed E-state index contributed by atoms with van der Waals surface area (Å²) in [7, 11) is 0. The van der Waals surface area contributed by atoms with Gasteiger partial charge in [-0.2, -0.15) is 0 Å². The Morgan fingerprint density at radius 2 is 1.91 bits per heavy atom. The van der Waals surface area contributed by atoms with Crippen LogP contribution in [-0.2, 0) is 4.74 Å². The van der Waals surface area contributed by atoms with E-state index in [2.05, 4.69) is 41.7 Å². The molecule has 0 radical (unpaired) electrons. The lowest BCUT2D eigenvalue weighted by Gasteiger charge is -2.36. The number of aromatic nitrogens is 3. The Labute approximate surface area is 139 Å². The first kappa shape index (κ1) is 14.8. The molecule has 2 atom stereocenters. The van der Waals surface area contributed by atoms with E-state index in [1.165, 1.54) is 5.56 Å². The fourth-order valence-electron chi connectivity index (χ4n) is 3.47. The molecule has 0 N–H and O–H groups in total. The van der Waals surface area contributed by atoms with Crippen LogP contribution in [0.5, 0.6) is 0 Å². The van der Waals surface area contributed by atoms with Crippen LogP contribution >= 0.6 is 11.3 Å². The maximum atomic E-state index is 5.85. The summed E-state index contributed by atoms with van der Waals surface area (Å²) in [6.07, 6.45) is 2.09. The summed E-state index contributed by atoms with van der Waals surface area (Å²) in [5.74, 6) is 1.01. The van der Waals surface area contributed by atoms with E-state index in [9.17, 15) is 0 Å². The Morgan fingerprint density at radius 3 is 2.65 bits per heavy atom. The molecule has 4 rings (SSSR count). The van der Waals surface area contributed by atoms with Gasteiger partial charge in [-0.15, -0.1) is 11.3 Å². The number of hydrogen-bond donors (Lipinski definition) is 0. The maximum absolute atomic E-state index is 5.85. The SMILES string of the molecule is Cc1cc(C)c2c(n1)sc1c(N3CC(C)OC(C)C3)ncnc12. The average Bonchev–Trinajstić information content (AvgIpc) is 2.84. The monoisotopic (exact) mass is 328 g/mol. The minimum absolute atomic E-state index is 0.209. The summed E-state index contributed by atoms with van der Waals surface area (Å²) < 4.78 is 6.98. The molecule has 120 valence electrons. The third-order valence-electron chi connectivity index (χ3n) is 4.25. The lowest BCUT2D eigenvalue weighted by atomic mass is 10.1. The number of hydrogen-bond acceptors (Lipinski definition) is 6. The zero-order chi connectivity index (χ0) is 16.1. The molecule has 3 aromatic heterocycles. The zero-order valence-electron chi connectivity index (χ0n) is 13.8. The molecular weight excluding hydrogens is 308 g/mol. The van der Waals surface area contributed by atoms with Crippen molar-refractivity contribution in [2.75, 3.05) is 18.0 Å². The number of pyridine rings is 1. The van der Waals surface area contributed by atoms with Crippen molar-refractivity contribution in [1.82, 2.24) is 15.0 Å². The highest BCUT2D eigenvalue weighted by atomic mass is 32.1. The van der Waals surface area contributed by atoms with Gasteiger partial charge in [0.15, 0.2) is 0 Å². The van der Waals surface area contributed by atoms with E-state index in [1.807, 2.05) is 6.92 Å². The van der Waals surface area contributed by atoms with Gasteiger partial charge in [0.05, 0.1) is 22.4 Å². The van der Waals surface area contributed by atoms with Crippen molar-refractivity contribution in [2.24, 2.45) is 0 Å². The van der Waals surface area contributed by atoms with Crippen molar-refractivity contribution in [3.63, 3.8) is 0 Å². The minimum atomic E-state index is 0.209. The van der Waals surface area contributed by atoms with E-state index in [0.29, 0.717) is 0 Å². The van der Waals surface area contributed by atoms with Gasteiger partial charge < -0.3 is 9.64 Å². The number of morpholine rings is 1. The first-order chi connectivity index (χ1) is 11.0. The topological polar surface area (TPSA) is 51.1 Å². The van der Waals surface area contributed by atoms with Gasteiger partial charge in [0, 0.05) is 24.2 Å². The molecule has 6 heteroatoms. The Hall–Kier alpha value is -1.79. The molecule has 23 heavy (non-hydrogen) atoms. The molecule has 2 unspecified atom stereocenters. The Kier molecular flexibility index (Phi) is 3.46. The van der Waals surface area contributed by atoms with E-state index in [-0.39, 0.29) is 12.2 Å². The third kappa shape index (κ3) is 2.46. The molecule has 0 saturated carbocycles. The molecular formula is C17H20N4OS. The number of rotatable bonds is 1. The van der Waals surface area contributed by atoms with E-state index in [0.717, 1.165) is 45.0 Å². The van der Waals surface area contributed by atoms with Crippen LogP contribution < -0.4 is 4.90 Å². The molecule has 4 heterocycles. The molecule has 1 saturated heterocycles. The first-order valence-corrected chi connectivity index (χ1v) is 8.76. The molecule has 1 aliphatic rings. The van der Waals surface area contributed by atoms with Gasteiger partial charge in [0.1, 0.15) is 17.0 Å². The van der Waals surface area contributed by atoms with Crippen molar-refractivity contribution in [2.45, 2.75) is 39.9 Å². The smallest absolute Gasteiger partial charge is 0.150 e. The standard InChI is InChI=1S/C17H20N4OS/c1-9-5-10(2)20-17-13(9)14-15(23-17)16(19-8-18-14)21-6-11(3)22-12(4)7-21/h5,8,11-12H,6-7H2,1-4H3. The van der Waals surface area contributed by atoms with E-state index >= 15 is 0 Å². The predicted molar refractivity (Wildman–Crippen MR) is 94.4 cm³/mol. The summed E-state index contributed by atoms with van der Waals surface area (Å²) in [5, 5.41) is 1.16. The van der Waals surface area contributed by atoms with Gasteiger partial charge in [-0.25, -0.2) is 15.0 Å². The number of aryl methyl sites for hydroxylation is 2. The number of thiophene rings is 1.